The number of nitrogens with one attached hydrogen (secondary N) is 2. The van der Waals surface area contributed by atoms with Crippen LogP contribution in [0.2, 0.25) is 0 Å². The first-order valence-electron chi connectivity index (χ1n) is 7.00. The lowest BCUT2D eigenvalue weighted by atomic mass is 10.1. The van der Waals surface area contributed by atoms with Crippen molar-refractivity contribution in [2.75, 3.05) is 26.2 Å². The molecule has 2 amide bonds. The zero-order valence-corrected chi connectivity index (χ0v) is 11.9. The van der Waals surface area contributed by atoms with E-state index in [0.717, 1.165) is 0 Å². The first-order valence-corrected chi connectivity index (χ1v) is 7.00. The Morgan fingerprint density at radius 3 is 2.05 bits per heavy atom. The van der Waals surface area contributed by atoms with Crippen molar-refractivity contribution in [1.29, 1.82) is 0 Å². The largest absolute Gasteiger partial charge is 0.353 e. The quantitative estimate of drug-likeness (QED) is 0.243. The third-order valence-electron chi connectivity index (χ3n) is 2.83. The molecule has 1 unspecified atom stereocenters. The molecule has 0 spiro atoms. The van der Waals surface area contributed by atoms with Crippen LogP contribution in [-0.4, -0.2) is 50.1 Å². The first kappa shape index (κ1) is 18.8. The summed E-state index contributed by atoms with van der Waals surface area (Å²) in [5.41, 5.74) is 21.9. The van der Waals surface area contributed by atoms with Gasteiger partial charge in [0.05, 0.1) is 6.04 Å². The van der Waals surface area contributed by atoms with Gasteiger partial charge in [-0.15, -0.1) is 0 Å². The van der Waals surface area contributed by atoms with E-state index in [1.54, 1.807) is 0 Å². The van der Waals surface area contributed by atoms with Crippen molar-refractivity contribution in [1.82, 2.24) is 10.6 Å². The van der Waals surface area contributed by atoms with Gasteiger partial charge in [-0.3, -0.25) is 9.59 Å². The molecule has 0 fully saturated rings. The summed E-state index contributed by atoms with van der Waals surface area (Å²) in [5.74, 6) is -0.605. The summed E-state index contributed by atoms with van der Waals surface area (Å²) in [6.07, 6.45) is 2.28. The fourth-order valence-corrected chi connectivity index (χ4v) is 1.66. The van der Waals surface area contributed by atoms with Gasteiger partial charge in [0.25, 0.3) is 0 Å². The molecular formula is C12H28N6O2. The topological polar surface area (TPSA) is 162 Å². The van der Waals surface area contributed by atoms with Gasteiger partial charge in [-0.25, -0.2) is 0 Å². The van der Waals surface area contributed by atoms with Crippen LogP contribution in [0.5, 0.6) is 0 Å². The van der Waals surface area contributed by atoms with Crippen LogP contribution in [0, 0.1) is 0 Å². The lowest BCUT2D eigenvalue weighted by Crippen LogP contribution is -2.52. The van der Waals surface area contributed by atoms with Crippen molar-refractivity contribution in [3.05, 3.63) is 0 Å². The highest BCUT2D eigenvalue weighted by molar-refractivity contribution is 5.89. The first-order chi connectivity index (χ1) is 9.56. The Bertz CT molecular complexity index is 287. The zero-order valence-electron chi connectivity index (χ0n) is 11.9. The number of hydrogen-bond donors (Lipinski definition) is 6. The second-order valence-corrected chi connectivity index (χ2v) is 4.61. The fraction of sp³-hybridized carbons (Fsp3) is 0.833. The Morgan fingerprint density at radius 2 is 1.50 bits per heavy atom. The van der Waals surface area contributed by atoms with Crippen molar-refractivity contribution < 1.29 is 9.59 Å². The van der Waals surface area contributed by atoms with Crippen LogP contribution < -0.4 is 33.6 Å². The minimum atomic E-state index is -0.652. The number of rotatable bonds is 11. The Hall–Kier alpha value is -1.22. The minimum absolute atomic E-state index is 0.261. The van der Waals surface area contributed by atoms with Crippen LogP contribution in [0.3, 0.4) is 0 Å². The normalized spacial score (nSPS) is 13.6. The van der Waals surface area contributed by atoms with E-state index in [2.05, 4.69) is 10.6 Å². The third-order valence-corrected chi connectivity index (χ3v) is 2.83. The molecule has 118 valence electrons. The molecule has 8 heteroatoms. The summed E-state index contributed by atoms with van der Waals surface area (Å²) in [6.45, 7) is 1.65. The molecule has 0 aliphatic rings. The Labute approximate surface area is 120 Å². The molecule has 0 aromatic rings. The van der Waals surface area contributed by atoms with Crippen LogP contribution in [0.25, 0.3) is 0 Å². The van der Waals surface area contributed by atoms with Crippen molar-refractivity contribution >= 4 is 11.8 Å². The summed E-state index contributed by atoms with van der Waals surface area (Å²) in [5, 5.41) is 5.30. The van der Waals surface area contributed by atoms with Gasteiger partial charge in [-0.2, -0.15) is 0 Å². The smallest absolute Gasteiger partial charge is 0.242 e. The van der Waals surface area contributed by atoms with Crippen molar-refractivity contribution in [2.24, 2.45) is 22.9 Å². The van der Waals surface area contributed by atoms with Gasteiger partial charge in [0.15, 0.2) is 0 Å². The molecule has 0 aromatic heterocycles. The van der Waals surface area contributed by atoms with Crippen LogP contribution in [0.1, 0.15) is 25.7 Å². The molecule has 0 aliphatic heterocycles. The highest BCUT2D eigenvalue weighted by Gasteiger charge is 2.22. The van der Waals surface area contributed by atoms with Gasteiger partial charge in [0.1, 0.15) is 6.04 Å². The van der Waals surface area contributed by atoms with Gasteiger partial charge in [0, 0.05) is 13.1 Å². The van der Waals surface area contributed by atoms with Crippen molar-refractivity contribution in [3.63, 3.8) is 0 Å². The standard InChI is InChI=1S/C12H28N6O2/c13-5-1-3-9(16)11(19)18-10(4-2-6-14)12(20)17-8-7-15/h9-10H,1-8,13-16H2,(H,17,20)(H,18,19)/t9-,10?/m0/s1. The van der Waals surface area contributed by atoms with Gasteiger partial charge < -0.3 is 33.6 Å². The molecule has 0 rings (SSSR count). The number of carbonyl (C=O) groups excluding carboxylic acids is 2. The Kier molecular flexibility index (Phi) is 10.9. The van der Waals surface area contributed by atoms with Gasteiger partial charge in [0.2, 0.25) is 11.8 Å². The SMILES string of the molecule is NCCCC(NC(=O)[C@@H](N)CCCN)C(=O)NCCN. The molecule has 0 saturated heterocycles. The number of amides is 2. The molecule has 8 nitrogen and oxygen atoms in total. The van der Waals surface area contributed by atoms with Gasteiger partial charge in [-0.1, -0.05) is 0 Å². The summed E-state index contributed by atoms with van der Waals surface area (Å²) in [7, 11) is 0. The highest BCUT2D eigenvalue weighted by atomic mass is 16.2. The average molecular weight is 288 g/mol. The van der Waals surface area contributed by atoms with E-state index >= 15 is 0 Å². The second kappa shape index (κ2) is 11.6. The molecule has 0 aromatic carbocycles. The molecule has 0 heterocycles. The summed E-state index contributed by atoms with van der Waals surface area (Å²) < 4.78 is 0. The number of hydrogen-bond acceptors (Lipinski definition) is 6. The van der Waals surface area contributed by atoms with E-state index in [9.17, 15) is 9.59 Å². The molecule has 2 atom stereocenters. The molecular weight excluding hydrogens is 260 g/mol. The summed E-state index contributed by atoms with van der Waals surface area (Å²) >= 11 is 0. The monoisotopic (exact) mass is 288 g/mol. The average Bonchev–Trinajstić information content (AvgIpc) is 2.45. The number of nitrogens with two attached hydrogens (primary N) is 4. The fourth-order valence-electron chi connectivity index (χ4n) is 1.66. The van der Waals surface area contributed by atoms with Gasteiger partial charge >= 0.3 is 0 Å². The van der Waals surface area contributed by atoms with Crippen LogP contribution in [0.4, 0.5) is 0 Å². The van der Waals surface area contributed by atoms with E-state index in [1.807, 2.05) is 0 Å². The highest BCUT2D eigenvalue weighted by Crippen LogP contribution is 2.00. The summed E-state index contributed by atoms with van der Waals surface area (Å²) in [4.78, 5) is 23.8. The molecule has 0 radical (unpaired) electrons. The Morgan fingerprint density at radius 1 is 0.900 bits per heavy atom. The van der Waals surface area contributed by atoms with Gasteiger partial charge in [-0.05, 0) is 38.8 Å². The van der Waals surface area contributed by atoms with Crippen molar-refractivity contribution in [3.8, 4) is 0 Å². The van der Waals surface area contributed by atoms with E-state index < -0.39 is 12.1 Å². The van der Waals surface area contributed by atoms with Crippen molar-refractivity contribution in [2.45, 2.75) is 37.8 Å². The molecule has 10 N–H and O–H groups in total. The van der Waals surface area contributed by atoms with E-state index in [1.165, 1.54) is 0 Å². The van der Waals surface area contributed by atoms with Crippen LogP contribution in [0.15, 0.2) is 0 Å². The third kappa shape index (κ3) is 8.05. The second-order valence-electron chi connectivity index (χ2n) is 4.61. The van der Waals surface area contributed by atoms with Crippen LogP contribution in [-0.2, 0) is 9.59 Å². The van der Waals surface area contributed by atoms with Crippen LogP contribution >= 0.6 is 0 Å². The predicted molar refractivity (Wildman–Crippen MR) is 78.5 cm³/mol. The lowest BCUT2D eigenvalue weighted by molar-refractivity contribution is -0.129. The zero-order chi connectivity index (χ0) is 15.4. The molecule has 0 aliphatic carbocycles. The maximum atomic E-state index is 11.9. The van der Waals surface area contributed by atoms with E-state index in [4.69, 9.17) is 22.9 Å². The molecule has 20 heavy (non-hydrogen) atoms. The maximum absolute atomic E-state index is 11.9. The number of carbonyl (C=O) groups is 2. The molecule has 0 saturated carbocycles. The minimum Gasteiger partial charge on any atom is -0.353 e. The molecule has 0 bridgehead atoms. The maximum Gasteiger partial charge on any atom is 0.242 e. The predicted octanol–water partition coefficient (Wildman–Crippen LogP) is -2.65. The van der Waals surface area contributed by atoms with E-state index in [0.29, 0.717) is 51.9 Å². The summed E-state index contributed by atoms with van der Waals surface area (Å²) in [6, 6.07) is -1.28. The lowest BCUT2D eigenvalue weighted by Gasteiger charge is -2.20. The van der Waals surface area contributed by atoms with E-state index in [-0.39, 0.29) is 11.8 Å². The Balaban J connectivity index is 4.39.